The molecule has 16 heavy (non-hydrogen) atoms. The van der Waals surface area contributed by atoms with Gasteiger partial charge in [-0.05, 0) is 42.2 Å². The molecular formula is C12H18BrNOS. The summed E-state index contributed by atoms with van der Waals surface area (Å²) in [5, 5.41) is 12.6. The molecule has 2 N–H and O–H groups in total. The first kappa shape index (κ1) is 13.9. The van der Waals surface area contributed by atoms with Crippen LogP contribution in [0.15, 0.2) is 28.7 Å². The summed E-state index contributed by atoms with van der Waals surface area (Å²) in [4.78, 5) is 0. The zero-order chi connectivity index (χ0) is 11.8. The Morgan fingerprint density at radius 1 is 1.38 bits per heavy atom. The van der Waals surface area contributed by atoms with Crippen LogP contribution < -0.4 is 5.32 Å². The second-order valence-electron chi connectivity index (χ2n) is 3.52. The molecule has 0 saturated heterocycles. The minimum atomic E-state index is 0.153. The minimum Gasteiger partial charge on any atom is -0.394 e. The van der Waals surface area contributed by atoms with Gasteiger partial charge in [-0.3, -0.25) is 0 Å². The number of anilines is 1. The third-order valence-corrected chi connectivity index (χ3v) is 3.71. The summed E-state index contributed by atoms with van der Waals surface area (Å²) in [5.41, 5.74) is 1.06. The minimum absolute atomic E-state index is 0.153. The molecule has 0 spiro atoms. The van der Waals surface area contributed by atoms with Crippen LogP contribution in [0, 0.1) is 0 Å². The molecule has 0 radical (unpaired) electrons. The van der Waals surface area contributed by atoms with Gasteiger partial charge in [0.05, 0.1) is 6.61 Å². The largest absolute Gasteiger partial charge is 0.394 e. The summed E-state index contributed by atoms with van der Waals surface area (Å²) in [6.45, 7) is 2.33. The molecule has 1 atom stereocenters. The number of hydrogen-bond acceptors (Lipinski definition) is 3. The first-order chi connectivity index (χ1) is 7.76. The molecule has 0 aromatic heterocycles. The van der Waals surface area contributed by atoms with Gasteiger partial charge in [-0.15, -0.1) is 0 Å². The van der Waals surface area contributed by atoms with Crippen molar-refractivity contribution in [3.05, 3.63) is 28.7 Å². The van der Waals surface area contributed by atoms with E-state index >= 15 is 0 Å². The number of halogens is 1. The van der Waals surface area contributed by atoms with Crippen molar-refractivity contribution < 1.29 is 5.11 Å². The smallest absolute Gasteiger partial charge is 0.0633 e. The topological polar surface area (TPSA) is 32.3 Å². The lowest BCUT2D eigenvalue weighted by molar-refractivity contribution is 0.272. The van der Waals surface area contributed by atoms with E-state index in [1.54, 1.807) is 0 Å². The summed E-state index contributed by atoms with van der Waals surface area (Å²) >= 11 is 5.31. The molecule has 0 aliphatic rings. The maximum Gasteiger partial charge on any atom is 0.0633 e. The summed E-state index contributed by atoms with van der Waals surface area (Å²) in [7, 11) is 0. The van der Waals surface area contributed by atoms with Gasteiger partial charge >= 0.3 is 0 Å². The number of benzene rings is 1. The Labute approximate surface area is 110 Å². The van der Waals surface area contributed by atoms with E-state index in [1.165, 1.54) is 0 Å². The lowest BCUT2D eigenvalue weighted by atomic mass is 10.2. The Morgan fingerprint density at radius 3 is 2.62 bits per heavy atom. The Bertz CT molecular complexity index is 292. The number of thioether (sulfide) groups is 1. The van der Waals surface area contributed by atoms with Gasteiger partial charge in [0, 0.05) is 16.2 Å². The summed E-state index contributed by atoms with van der Waals surface area (Å²) < 4.78 is 1.07. The van der Waals surface area contributed by atoms with Crippen molar-refractivity contribution >= 4 is 33.4 Å². The molecule has 1 aromatic carbocycles. The second-order valence-corrected chi connectivity index (χ2v) is 5.83. The molecule has 0 amide bonds. The summed E-state index contributed by atoms with van der Waals surface area (Å²) in [5.74, 6) is 2.22. The highest BCUT2D eigenvalue weighted by Gasteiger charge is 2.06. The maximum atomic E-state index is 9.26. The molecule has 1 unspecified atom stereocenters. The van der Waals surface area contributed by atoms with Gasteiger partial charge < -0.3 is 10.4 Å². The number of hydrogen-bond donors (Lipinski definition) is 2. The van der Waals surface area contributed by atoms with Crippen LogP contribution in [0.4, 0.5) is 5.69 Å². The van der Waals surface area contributed by atoms with Gasteiger partial charge in [-0.1, -0.05) is 22.9 Å². The van der Waals surface area contributed by atoms with Crippen molar-refractivity contribution in [2.75, 3.05) is 23.4 Å². The zero-order valence-corrected chi connectivity index (χ0v) is 11.9. The van der Waals surface area contributed by atoms with E-state index in [-0.39, 0.29) is 12.6 Å². The van der Waals surface area contributed by atoms with Gasteiger partial charge in [0.2, 0.25) is 0 Å². The standard InChI is InChI=1S/C12H18BrNOS/c1-2-16-8-7-12(9-15)14-11-5-3-10(13)4-6-11/h3-6,12,14-15H,2,7-9H2,1H3. The highest BCUT2D eigenvalue weighted by atomic mass is 79.9. The fourth-order valence-corrected chi connectivity index (χ4v) is 2.37. The molecule has 4 heteroatoms. The SMILES string of the molecule is CCSCCC(CO)Nc1ccc(Br)cc1. The van der Waals surface area contributed by atoms with Crippen LogP contribution in [0.25, 0.3) is 0 Å². The van der Waals surface area contributed by atoms with Crippen LogP contribution in [-0.2, 0) is 0 Å². The molecule has 0 saturated carbocycles. The van der Waals surface area contributed by atoms with E-state index in [1.807, 2.05) is 36.0 Å². The summed E-state index contributed by atoms with van der Waals surface area (Å²) in [6.07, 6.45) is 0.991. The van der Waals surface area contributed by atoms with Crippen LogP contribution in [0.1, 0.15) is 13.3 Å². The second kappa shape index (κ2) is 7.98. The van der Waals surface area contributed by atoms with Crippen LogP contribution in [0.2, 0.25) is 0 Å². The maximum absolute atomic E-state index is 9.26. The van der Waals surface area contributed by atoms with Crippen molar-refractivity contribution in [2.24, 2.45) is 0 Å². The van der Waals surface area contributed by atoms with Gasteiger partial charge in [0.15, 0.2) is 0 Å². The van der Waals surface area contributed by atoms with Crippen LogP contribution in [-0.4, -0.2) is 29.3 Å². The molecule has 0 fully saturated rings. The number of rotatable bonds is 7. The lowest BCUT2D eigenvalue weighted by Crippen LogP contribution is -2.24. The quantitative estimate of drug-likeness (QED) is 0.758. The highest BCUT2D eigenvalue weighted by Crippen LogP contribution is 2.16. The molecule has 2 nitrogen and oxygen atoms in total. The Hall–Kier alpha value is -0.190. The monoisotopic (exact) mass is 303 g/mol. The Balaban J connectivity index is 2.40. The van der Waals surface area contributed by atoms with Crippen molar-refractivity contribution in [3.63, 3.8) is 0 Å². The fourth-order valence-electron chi connectivity index (χ4n) is 1.36. The Kier molecular flexibility index (Phi) is 6.92. The molecule has 90 valence electrons. The molecule has 0 heterocycles. The van der Waals surface area contributed by atoms with Crippen LogP contribution in [0.5, 0.6) is 0 Å². The zero-order valence-electron chi connectivity index (χ0n) is 9.45. The van der Waals surface area contributed by atoms with Crippen molar-refractivity contribution in [1.82, 2.24) is 0 Å². The average molecular weight is 304 g/mol. The van der Waals surface area contributed by atoms with E-state index < -0.39 is 0 Å². The van der Waals surface area contributed by atoms with Crippen LogP contribution in [0.3, 0.4) is 0 Å². The van der Waals surface area contributed by atoms with E-state index in [4.69, 9.17) is 0 Å². The predicted molar refractivity (Wildman–Crippen MR) is 76.3 cm³/mol. The molecule has 0 aliphatic carbocycles. The number of aliphatic hydroxyl groups is 1. The highest BCUT2D eigenvalue weighted by molar-refractivity contribution is 9.10. The molecule has 1 aromatic rings. The van der Waals surface area contributed by atoms with Gasteiger partial charge in [0.1, 0.15) is 0 Å². The van der Waals surface area contributed by atoms with Gasteiger partial charge in [-0.25, -0.2) is 0 Å². The van der Waals surface area contributed by atoms with Gasteiger partial charge in [0.25, 0.3) is 0 Å². The third kappa shape index (κ3) is 5.23. The molecule has 0 aliphatic heterocycles. The van der Waals surface area contributed by atoms with Crippen molar-refractivity contribution in [2.45, 2.75) is 19.4 Å². The lowest BCUT2D eigenvalue weighted by Gasteiger charge is -2.17. The molecule has 1 rings (SSSR count). The fraction of sp³-hybridized carbons (Fsp3) is 0.500. The number of nitrogens with one attached hydrogen (secondary N) is 1. The van der Waals surface area contributed by atoms with Crippen molar-refractivity contribution in [1.29, 1.82) is 0 Å². The first-order valence-electron chi connectivity index (χ1n) is 5.47. The van der Waals surface area contributed by atoms with E-state index in [0.29, 0.717) is 0 Å². The summed E-state index contributed by atoms with van der Waals surface area (Å²) in [6, 6.07) is 8.18. The third-order valence-electron chi connectivity index (χ3n) is 2.25. The first-order valence-corrected chi connectivity index (χ1v) is 7.41. The van der Waals surface area contributed by atoms with E-state index in [2.05, 4.69) is 28.2 Å². The van der Waals surface area contributed by atoms with E-state index in [9.17, 15) is 5.11 Å². The normalized spacial score (nSPS) is 12.4. The Morgan fingerprint density at radius 2 is 2.06 bits per heavy atom. The van der Waals surface area contributed by atoms with Gasteiger partial charge in [-0.2, -0.15) is 11.8 Å². The molecule has 0 bridgehead atoms. The average Bonchev–Trinajstić information content (AvgIpc) is 2.31. The van der Waals surface area contributed by atoms with Crippen molar-refractivity contribution in [3.8, 4) is 0 Å². The van der Waals surface area contributed by atoms with Crippen LogP contribution >= 0.6 is 27.7 Å². The number of aliphatic hydroxyl groups excluding tert-OH is 1. The van der Waals surface area contributed by atoms with E-state index in [0.717, 1.165) is 28.1 Å². The predicted octanol–water partition coefficient (Wildman–Crippen LogP) is 3.37. The molecular weight excluding hydrogens is 286 g/mol.